The van der Waals surface area contributed by atoms with Gasteiger partial charge in [0.1, 0.15) is 0 Å². The van der Waals surface area contributed by atoms with E-state index in [1.807, 2.05) is 0 Å². The molecule has 0 fully saturated rings. The highest BCUT2D eigenvalue weighted by Gasteiger charge is 2.10. The Labute approximate surface area is 88.1 Å². The fraction of sp³-hybridized carbons (Fsp3) is 0.909. The minimum atomic E-state index is 0.512. The molecule has 0 aromatic carbocycles. The van der Waals surface area contributed by atoms with Crippen molar-refractivity contribution in [1.82, 2.24) is 10.2 Å². The molecule has 0 aliphatic carbocycles. The summed E-state index contributed by atoms with van der Waals surface area (Å²) >= 11 is 0. The van der Waals surface area contributed by atoms with E-state index in [1.165, 1.54) is 6.42 Å². The van der Waals surface area contributed by atoms with E-state index in [4.69, 9.17) is 5.26 Å². The van der Waals surface area contributed by atoms with Gasteiger partial charge < -0.3 is 10.2 Å². The van der Waals surface area contributed by atoms with Crippen LogP contribution in [0.15, 0.2) is 0 Å². The fourth-order valence-corrected chi connectivity index (χ4v) is 1.56. The summed E-state index contributed by atoms with van der Waals surface area (Å²) in [5.41, 5.74) is 0. The van der Waals surface area contributed by atoms with Crippen LogP contribution in [0.3, 0.4) is 0 Å². The van der Waals surface area contributed by atoms with Crippen molar-refractivity contribution >= 4 is 0 Å². The first-order valence-corrected chi connectivity index (χ1v) is 5.31. The molecule has 82 valence electrons. The lowest BCUT2D eigenvalue weighted by Gasteiger charge is -2.23. The predicted octanol–water partition coefficient (Wildman–Crippen LogP) is 1.47. The van der Waals surface area contributed by atoms with Crippen LogP contribution in [0.25, 0.3) is 0 Å². The number of nitriles is 1. The summed E-state index contributed by atoms with van der Waals surface area (Å²) in [5.74, 6) is 0.703. The molecule has 3 heteroatoms. The molecule has 0 radical (unpaired) electrons. The summed E-state index contributed by atoms with van der Waals surface area (Å²) in [6.45, 7) is 6.31. The third-order valence-corrected chi connectivity index (χ3v) is 2.01. The van der Waals surface area contributed by atoms with Gasteiger partial charge in [0.25, 0.3) is 0 Å². The minimum absolute atomic E-state index is 0.512. The van der Waals surface area contributed by atoms with Crippen LogP contribution in [0.5, 0.6) is 0 Å². The van der Waals surface area contributed by atoms with Crippen LogP contribution in [0.2, 0.25) is 0 Å². The van der Waals surface area contributed by atoms with Gasteiger partial charge in [-0.1, -0.05) is 13.8 Å². The Hall–Kier alpha value is -0.590. The van der Waals surface area contributed by atoms with Crippen molar-refractivity contribution < 1.29 is 0 Å². The molecule has 0 aliphatic heterocycles. The van der Waals surface area contributed by atoms with Crippen LogP contribution < -0.4 is 5.32 Å². The SMILES string of the molecule is CC(C)CC(CN(C)C)NCCC#N. The van der Waals surface area contributed by atoms with Crippen LogP contribution in [0, 0.1) is 17.2 Å². The van der Waals surface area contributed by atoms with Crippen molar-refractivity contribution in [3.8, 4) is 6.07 Å². The maximum absolute atomic E-state index is 8.44. The lowest BCUT2D eigenvalue weighted by atomic mass is 10.0. The second kappa shape index (κ2) is 7.78. The van der Waals surface area contributed by atoms with Crippen molar-refractivity contribution in [2.45, 2.75) is 32.7 Å². The number of rotatable bonds is 7. The van der Waals surface area contributed by atoms with E-state index >= 15 is 0 Å². The summed E-state index contributed by atoms with van der Waals surface area (Å²) in [6.07, 6.45) is 1.77. The van der Waals surface area contributed by atoms with Gasteiger partial charge in [-0.05, 0) is 26.4 Å². The third kappa shape index (κ3) is 8.03. The van der Waals surface area contributed by atoms with Gasteiger partial charge in [0.2, 0.25) is 0 Å². The Bertz CT molecular complexity index is 160. The van der Waals surface area contributed by atoms with Gasteiger partial charge in [-0.15, -0.1) is 0 Å². The number of hydrogen-bond acceptors (Lipinski definition) is 3. The number of nitrogens with zero attached hydrogens (tertiary/aromatic N) is 2. The zero-order valence-electron chi connectivity index (χ0n) is 9.88. The average molecular weight is 197 g/mol. The van der Waals surface area contributed by atoms with Crippen LogP contribution in [-0.4, -0.2) is 38.1 Å². The molecule has 0 aromatic rings. The Morgan fingerprint density at radius 1 is 1.36 bits per heavy atom. The lowest BCUT2D eigenvalue weighted by molar-refractivity contribution is 0.308. The summed E-state index contributed by atoms with van der Waals surface area (Å²) in [5, 5.41) is 11.9. The fourth-order valence-electron chi connectivity index (χ4n) is 1.56. The zero-order valence-corrected chi connectivity index (χ0v) is 9.88. The highest BCUT2D eigenvalue weighted by atomic mass is 15.1. The van der Waals surface area contributed by atoms with Gasteiger partial charge in [0, 0.05) is 25.6 Å². The maximum Gasteiger partial charge on any atom is 0.0635 e. The predicted molar refractivity (Wildman–Crippen MR) is 60.0 cm³/mol. The zero-order chi connectivity index (χ0) is 11.0. The quantitative estimate of drug-likeness (QED) is 0.628. The Kier molecular flexibility index (Phi) is 7.45. The molecule has 0 heterocycles. The van der Waals surface area contributed by atoms with Gasteiger partial charge in [-0.25, -0.2) is 0 Å². The molecular weight excluding hydrogens is 174 g/mol. The van der Waals surface area contributed by atoms with E-state index in [9.17, 15) is 0 Å². The van der Waals surface area contributed by atoms with Crippen LogP contribution >= 0.6 is 0 Å². The standard InChI is InChI=1S/C11H23N3/c1-10(2)8-11(9-14(3)4)13-7-5-6-12/h10-11,13H,5,7-9H2,1-4H3. The molecule has 3 nitrogen and oxygen atoms in total. The molecule has 0 aliphatic rings. The Balaban J connectivity index is 3.79. The van der Waals surface area contributed by atoms with E-state index in [2.05, 4.69) is 44.2 Å². The smallest absolute Gasteiger partial charge is 0.0635 e. The Morgan fingerprint density at radius 2 is 2.00 bits per heavy atom. The summed E-state index contributed by atoms with van der Waals surface area (Å²) in [6, 6.07) is 2.67. The molecule has 0 bridgehead atoms. The molecule has 1 unspecified atom stereocenters. The summed E-state index contributed by atoms with van der Waals surface area (Å²) < 4.78 is 0. The van der Waals surface area contributed by atoms with Crippen LogP contribution in [0.1, 0.15) is 26.7 Å². The second-order valence-electron chi connectivity index (χ2n) is 4.45. The van der Waals surface area contributed by atoms with E-state index in [0.29, 0.717) is 18.4 Å². The van der Waals surface area contributed by atoms with Crippen molar-refractivity contribution in [1.29, 1.82) is 5.26 Å². The molecule has 14 heavy (non-hydrogen) atoms. The van der Waals surface area contributed by atoms with Gasteiger partial charge in [-0.2, -0.15) is 5.26 Å². The van der Waals surface area contributed by atoms with Gasteiger partial charge in [0.15, 0.2) is 0 Å². The molecular formula is C11H23N3. The highest BCUT2D eigenvalue weighted by molar-refractivity contribution is 4.75. The Morgan fingerprint density at radius 3 is 2.43 bits per heavy atom. The molecule has 0 aromatic heterocycles. The first-order chi connectivity index (χ1) is 6.56. The highest BCUT2D eigenvalue weighted by Crippen LogP contribution is 2.05. The first-order valence-electron chi connectivity index (χ1n) is 5.31. The summed E-state index contributed by atoms with van der Waals surface area (Å²) in [7, 11) is 4.17. The number of nitrogens with one attached hydrogen (secondary N) is 1. The largest absolute Gasteiger partial charge is 0.312 e. The third-order valence-electron chi connectivity index (χ3n) is 2.01. The van der Waals surface area contributed by atoms with Gasteiger partial charge in [-0.3, -0.25) is 0 Å². The monoisotopic (exact) mass is 197 g/mol. The second-order valence-corrected chi connectivity index (χ2v) is 4.45. The van der Waals surface area contributed by atoms with Gasteiger partial charge >= 0.3 is 0 Å². The average Bonchev–Trinajstić information content (AvgIpc) is 2.02. The van der Waals surface area contributed by atoms with Crippen LogP contribution in [-0.2, 0) is 0 Å². The molecule has 0 spiro atoms. The van der Waals surface area contributed by atoms with E-state index in [0.717, 1.165) is 13.1 Å². The number of hydrogen-bond donors (Lipinski definition) is 1. The van der Waals surface area contributed by atoms with Crippen LogP contribution in [0.4, 0.5) is 0 Å². The maximum atomic E-state index is 8.44. The summed E-state index contributed by atoms with van der Waals surface area (Å²) in [4.78, 5) is 2.19. The van der Waals surface area contributed by atoms with E-state index in [1.54, 1.807) is 0 Å². The van der Waals surface area contributed by atoms with E-state index < -0.39 is 0 Å². The molecule has 0 rings (SSSR count). The lowest BCUT2D eigenvalue weighted by Crippen LogP contribution is -2.39. The van der Waals surface area contributed by atoms with Crippen molar-refractivity contribution in [3.63, 3.8) is 0 Å². The minimum Gasteiger partial charge on any atom is -0.312 e. The van der Waals surface area contributed by atoms with Crippen molar-refractivity contribution in [2.24, 2.45) is 5.92 Å². The first kappa shape index (κ1) is 13.4. The molecule has 0 amide bonds. The molecule has 1 N–H and O–H groups in total. The normalized spacial score (nSPS) is 13.2. The molecule has 0 saturated carbocycles. The van der Waals surface area contributed by atoms with Crippen molar-refractivity contribution in [3.05, 3.63) is 0 Å². The van der Waals surface area contributed by atoms with Gasteiger partial charge in [0.05, 0.1) is 6.07 Å². The topological polar surface area (TPSA) is 39.1 Å². The van der Waals surface area contributed by atoms with E-state index in [-0.39, 0.29) is 0 Å². The molecule has 0 saturated heterocycles. The van der Waals surface area contributed by atoms with Crippen molar-refractivity contribution in [2.75, 3.05) is 27.2 Å². The number of likely N-dealkylation sites (N-methyl/N-ethyl adjacent to an activating group) is 1. The molecule has 1 atom stereocenters.